The van der Waals surface area contributed by atoms with Crippen LogP contribution in [0.1, 0.15) is 12.1 Å². The summed E-state index contributed by atoms with van der Waals surface area (Å²) >= 11 is 7.27. The number of hydrogen-bond donors (Lipinski definition) is 0. The lowest BCUT2D eigenvalue weighted by atomic mass is 10.3. The van der Waals surface area contributed by atoms with Gasteiger partial charge in [-0.05, 0) is 18.9 Å². The predicted octanol–water partition coefficient (Wildman–Crippen LogP) is 2.72. The third-order valence-electron chi connectivity index (χ3n) is 2.05. The van der Waals surface area contributed by atoms with Crippen molar-refractivity contribution in [2.24, 2.45) is 7.05 Å². The summed E-state index contributed by atoms with van der Waals surface area (Å²) < 4.78 is 1.79. The second-order valence-electron chi connectivity index (χ2n) is 3.31. The lowest BCUT2D eigenvalue weighted by molar-refractivity contribution is 0.770. The zero-order valence-electron chi connectivity index (χ0n) is 8.48. The molecule has 0 aromatic carbocycles. The lowest BCUT2D eigenvalue weighted by Crippen LogP contribution is -1.89. The first-order valence-corrected chi connectivity index (χ1v) is 6.21. The molecular weight excluding hydrogens is 230 g/mol. The Labute approximate surface area is 97.7 Å². The molecule has 0 aliphatic carbocycles. The molecule has 0 aliphatic rings. The first-order chi connectivity index (χ1) is 7.29. The molecule has 3 nitrogen and oxygen atoms in total. The molecule has 2 aromatic rings. The normalized spacial score (nSPS) is 10.8. The molecule has 0 fully saturated rings. The van der Waals surface area contributed by atoms with E-state index in [1.165, 1.54) is 0 Å². The minimum Gasteiger partial charge on any atom is -0.275 e. The monoisotopic (exact) mass is 241 g/mol. The zero-order valence-corrected chi connectivity index (χ0v) is 10.1. The van der Waals surface area contributed by atoms with Crippen molar-refractivity contribution in [1.82, 2.24) is 14.8 Å². The highest BCUT2D eigenvalue weighted by atomic mass is 35.5. The van der Waals surface area contributed by atoms with Crippen molar-refractivity contribution in [3.05, 3.63) is 23.3 Å². The van der Waals surface area contributed by atoms with Gasteiger partial charge in [0.05, 0.1) is 5.69 Å². The summed E-state index contributed by atoms with van der Waals surface area (Å²) in [5, 5.41) is 7.38. The number of hydrogen-bond acceptors (Lipinski definition) is 3. The predicted molar refractivity (Wildman–Crippen MR) is 63.4 cm³/mol. The topological polar surface area (TPSA) is 30.7 Å². The molecule has 0 atom stereocenters. The molecule has 0 saturated carbocycles. The fourth-order valence-corrected chi connectivity index (χ4v) is 2.27. The fraction of sp³-hybridized carbons (Fsp3) is 0.400. The Balaban J connectivity index is 2.13. The number of aryl methyl sites for hydroxylation is 2. The van der Waals surface area contributed by atoms with Crippen molar-refractivity contribution in [2.75, 3.05) is 5.88 Å². The average molecular weight is 242 g/mol. The third kappa shape index (κ3) is 2.58. The fourth-order valence-electron chi connectivity index (χ4n) is 1.32. The Morgan fingerprint density at radius 2 is 2.40 bits per heavy atom. The standard InChI is InChI=1S/C10H12ClN3S/c1-14-6-4-9(13-14)10-12-8(7-15-10)3-2-5-11/h4,6-7H,2-3,5H2,1H3. The van der Waals surface area contributed by atoms with Crippen molar-refractivity contribution < 1.29 is 0 Å². The number of halogens is 1. The van der Waals surface area contributed by atoms with Crippen LogP contribution in [0.3, 0.4) is 0 Å². The Kier molecular flexibility index (Phi) is 3.38. The molecule has 0 spiro atoms. The summed E-state index contributed by atoms with van der Waals surface area (Å²) in [6.45, 7) is 0. The van der Waals surface area contributed by atoms with E-state index in [1.807, 2.05) is 19.3 Å². The van der Waals surface area contributed by atoms with Gasteiger partial charge in [0.2, 0.25) is 0 Å². The highest BCUT2D eigenvalue weighted by Crippen LogP contribution is 2.22. The number of aromatic nitrogens is 3. The van der Waals surface area contributed by atoms with E-state index in [4.69, 9.17) is 11.6 Å². The van der Waals surface area contributed by atoms with Crippen LogP contribution in [0.2, 0.25) is 0 Å². The summed E-state index contributed by atoms with van der Waals surface area (Å²) in [5.41, 5.74) is 2.06. The number of nitrogens with zero attached hydrogens (tertiary/aromatic N) is 3. The summed E-state index contributed by atoms with van der Waals surface area (Å²) in [6, 6.07) is 1.98. The number of alkyl halides is 1. The van der Waals surface area contributed by atoms with E-state index in [0.717, 1.165) is 29.2 Å². The van der Waals surface area contributed by atoms with Crippen LogP contribution in [0.15, 0.2) is 17.6 Å². The van der Waals surface area contributed by atoms with E-state index in [2.05, 4.69) is 15.5 Å². The zero-order chi connectivity index (χ0) is 10.7. The molecular formula is C10H12ClN3S. The van der Waals surface area contributed by atoms with Gasteiger partial charge >= 0.3 is 0 Å². The van der Waals surface area contributed by atoms with Gasteiger partial charge in [0.1, 0.15) is 10.7 Å². The van der Waals surface area contributed by atoms with Crippen LogP contribution in [-0.2, 0) is 13.5 Å². The molecule has 0 unspecified atom stereocenters. The van der Waals surface area contributed by atoms with Gasteiger partial charge < -0.3 is 0 Å². The number of rotatable bonds is 4. The lowest BCUT2D eigenvalue weighted by Gasteiger charge is -1.91. The van der Waals surface area contributed by atoms with E-state index in [1.54, 1.807) is 16.0 Å². The summed E-state index contributed by atoms with van der Waals surface area (Å²) in [5.74, 6) is 0.691. The SMILES string of the molecule is Cn1ccc(-c2nc(CCCCl)cs2)n1. The van der Waals surface area contributed by atoms with E-state index in [0.29, 0.717) is 5.88 Å². The van der Waals surface area contributed by atoms with Gasteiger partial charge in [-0.1, -0.05) is 0 Å². The maximum absolute atomic E-state index is 5.64. The molecule has 5 heteroatoms. The minimum atomic E-state index is 0.691. The highest BCUT2D eigenvalue weighted by Gasteiger charge is 2.06. The molecule has 0 N–H and O–H groups in total. The van der Waals surface area contributed by atoms with Gasteiger partial charge in [-0.3, -0.25) is 4.68 Å². The second-order valence-corrected chi connectivity index (χ2v) is 4.55. The Hall–Kier alpha value is -0.870. The molecule has 80 valence electrons. The quantitative estimate of drug-likeness (QED) is 0.771. The van der Waals surface area contributed by atoms with E-state index < -0.39 is 0 Å². The summed E-state index contributed by atoms with van der Waals surface area (Å²) in [6.07, 6.45) is 3.86. The first kappa shape index (κ1) is 10.6. The molecule has 2 aromatic heterocycles. The third-order valence-corrected chi connectivity index (χ3v) is 3.23. The van der Waals surface area contributed by atoms with Crippen LogP contribution in [-0.4, -0.2) is 20.6 Å². The summed E-state index contributed by atoms with van der Waals surface area (Å²) in [4.78, 5) is 4.52. The van der Waals surface area contributed by atoms with Crippen molar-refractivity contribution >= 4 is 22.9 Å². The maximum Gasteiger partial charge on any atom is 0.143 e. The van der Waals surface area contributed by atoms with Crippen LogP contribution < -0.4 is 0 Å². The van der Waals surface area contributed by atoms with Crippen LogP contribution in [0.4, 0.5) is 0 Å². The van der Waals surface area contributed by atoms with E-state index in [-0.39, 0.29) is 0 Å². The van der Waals surface area contributed by atoms with Crippen LogP contribution >= 0.6 is 22.9 Å². The van der Waals surface area contributed by atoms with Gasteiger partial charge in [0.25, 0.3) is 0 Å². The molecule has 0 bridgehead atoms. The second kappa shape index (κ2) is 4.77. The summed E-state index contributed by atoms with van der Waals surface area (Å²) in [7, 11) is 1.91. The van der Waals surface area contributed by atoms with E-state index >= 15 is 0 Å². The molecule has 15 heavy (non-hydrogen) atoms. The smallest absolute Gasteiger partial charge is 0.143 e. The largest absolute Gasteiger partial charge is 0.275 e. The molecule has 0 saturated heterocycles. The van der Waals surface area contributed by atoms with Crippen LogP contribution in [0.5, 0.6) is 0 Å². The van der Waals surface area contributed by atoms with Gasteiger partial charge in [-0.2, -0.15) is 5.10 Å². The van der Waals surface area contributed by atoms with Crippen molar-refractivity contribution in [1.29, 1.82) is 0 Å². The molecule has 2 rings (SSSR count). The average Bonchev–Trinajstić information content (AvgIpc) is 2.83. The first-order valence-electron chi connectivity index (χ1n) is 4.80. The van der Waals surface area contributed by atoms with Gasteiger partial charge in [-0.25, -0.2) is 4.98 Å². The highest BCUT2D eigenvalue weighted by molar-refractivity contribution is 7.13. The Bertz CT molecular complexity index is 435. The Morgan fingerprint density at radius 1 is 1.53 bits per heavy atom. The van der Waals surface area contributed by atoms with Gasteiger partial charge in [-0.15, -0.1) is 22.9 Å². The van der Waals surface area contributed by atoms with E-state index in [9.17, 15) is 0 Å². The molecule has 2 heterocycles. The Morgan fingerprint density at radius 3 is 3.07 bits per heavy atom. The van der Waals surface area contributed by atoms with Gasteiger partial charge in [0, 0.05) is 24.5 Å². The van der Waals surface area contributed by atoms with Crippen LogP contribution in [0.25, 0.3) is 10.7 Å². The van der Waals surface area contributed by atoms with Crippen molar-refractivity contribution in [3.8, 4) is 10.7 Å². The van der Waals surface area contributed by atoms with Crippen molar-refractivity contribution in [2.45, 2.75) is 12.8 Å². The maximum atomic E-state index is 5.64. The molecule has 0 amide bonds. The minimum absolute atomic E-state index is 0.691. The van der Waals surface area contributed by atoms with Crippen molar-refractivity contribution in [3.63, 3.8) is 0 Å². The molecule has 0 radical (unpaired) electrons. The van der Waals surface area contributed by atoms with Crippen LogP contribution in [0, 0.1) is 0 Å². The van der Waals surface area contributed by atoms with Gasteiger partial charge in [0.15, 0.2) is 0 Å². The number of thiazole rings is 1. The molecule has 0 aliphatic heterocycles.